The predicted molar refractivity (Wildman–Crippen MR) is 103 cm³/mol. The summed E-state index contributed by atoms with van der Waals surface area (Å²) in [6.07, 6.45) is 3.18. The number of fused-ring (bicyclic) bond motifs is 1. The molecule has 0 aromatic heterocycles. The van der Waals surface area contributed by atoms with Crippen LogP contribution in [0.15, 0.2) is 53.4 Å². The monoisotopic (exact) mass is 369 g/mol. The molecule has 4 rings (SSSR count). The van der Waals surface area contributed by atoms with Gasteiger partial charge in [-0.1, -0.05) is 30.3 Å². The van der Waals surface area contributed by atoms with Crippen molar-refractivity contribution < 1.29 is 14.3 Å². The molecule has 0 bridgehead atoms. The molecule has 1 amide bonds. The average molecular weight is 369 g/mol. The minimum Gasteiger partial charge on any atom is -0.490 e. The average Bonchev–Trinajstić information content (AvgIpc) is 3.49. The fourth-order valence-electron chi connectivity index (χ4n) is 3.21. The number of nitrogens with one attached hydrogen (secondary N) is 1. The Kier molecular flexibility index (Phi) is 5.07. The maximum Gasteiger partial charge on any atom is 0.230 e. The highest BCUT2D eigenvalue weighted by molar-refractivity contribution is 8.00. The van der Waals surface area contributed by atoms with Crippen LogP contribution in [0.5, 0.6) is 11.5 Å². The van der Waals surface area contributed by atoms with Gasteiger partial charge in [0.1, 0.15) is 0 Å². The number of rotatable bonds is 6. The number of amides is 1. The largest absolute Gasteiger partial charge is 0.490 e. The van der Waals surface area contributed by atoms with Crippen molar-refractivity contribution in [1.82, 2.24) is 5.32 Å². The summed E-state index contributed by atoms with van der Waals surface area (Å²) in [6.45, 7) is 2.08. The van der Waals surface area contributed by atoms with Gasteiger partial charge in [0.05, 0.1) is 19.0 Å². The molecule has 0 saturated heterocycles. The van der Waals surface area contributed by atoms with Gasteiger partial charge in [-0.05, 0) is 36.6 Å². The topological polar surface area (TPSA) is 47.6 Å². The maximum atomic E-state index is 12.3. The summed E-state index contributed by atoms with van der Waals surface area (Å²) >= 11 is 1.53. The Labute approximate surface area is 158 Å². The predicted octanol–water partition coefficient (Wildman–Crippen LogP) is 3.79. The Morgan fingerprint density at radius 3 is 2.58 bits per heavy atom. The highest BCUT2D eigenvalue weighted by Gasteiger charge is 2.44. The normalized spacial score (nSPS) is 17.2. The van der Waals surface area contributed by atoms with Crippen molar-refractivity contribution in [2.24, 2.45) is 0 Å². The third-order valence-corrected chi connectivity index (χ3v) is 5.95. The van der Waals surface area contributed by atoms with Gasteiger partial charge in [-0.15, -0.1) is 11.8 Å². The smallest absolute Gasteiger partial charge is 0.230 e. The molecule has 2 aliphatic rings. The molecule has 26 heavy (non-hydrogen) atoms. The van der Waals surface area contributed by atoms with Gasteiger partial charge in [-0.3, -0.25) is 4.79 Å². The second-order valence-corrected chi connectivity index (χ2v) is 7.92. The molecule has 2 aromatic carbocycles. The first-order chi connectivity index (χ1) is 12.8. The van der Waals surface area contributed by atoms with Crippen molar-refractivity contribution >= 4 is 17.7 Å². The van der Waals surface area contributed by atoms with Gasteiger partial charge in [0.15, 0.2) is 11.5 Å². The van der Waals surface area contributed by atoms with Crippen LogP contribution in [0, 0.1) is 0 Å². The van der Waals surface area contributed by atoms with Crippen LogP contribution in [-0.4, -0.2) is 31.4 Å². The molecule has 4 nitrogen and oxygen atoms in total. The Bertz CT molecular complexity index is 774. The molecule has 0 radical (unpaired) electrons. The highest BCUT2D eigenvalue weighted by Crippen LogP contribution is 2.47. The van der Waals surface area contributed by atoms with E-state index >= 15 is 0 Å². The summed E-state index contributed by atoms with van der Waals surface area (Å²) in [5, 5.41) is 3.11. The third-order valence-electron chi connectivity index (χ3n) is 4.95. The van der Waals surface area contributed by atoms with Crippen LogP contribution in [0.25, 0.3) is 0 Å². The molecular weight excluding hydrogens is 346 g/mol. The summed E-state index contributed by atoms with van der Waals surface area (Å²) in [6, 6.07) is 16.4. The lowest BCUT2D eigenvalue weighted by atomic mass is 9.96. The molecule has 1 aliphatic carbocycles. The second-order valence-electron chi connectivity index (χ2n) is 6.87. The fourth-order valence-corrected chi connectivity index (χ4v) is 3.97. The van der Waals surface area contributed by atoms with Crippen LogP contribution in [0.1, 0.15) is 24.8 Å². The van der Waals surface area contributed by atoms with Crippen LogP contribution in [0.3, 0.4) is 0 Å². The van der Waals surface area contributed by atoms with Crippen LogP contribution in [0.4, 0.5) is 0 Å². The van der Waals surface area contributed by atoms with Gasteiger partial charge in [0, 0.05) is 23.3 Å². The van der Waals surface area contributed by atoms with Crippen molar-refractivity contribution in [1.29, 1.82) is 0 Å². The Hall–Kier alpha value is -2.14. The van der Waals surface area contributed by atoms with Gasteiger partial charge in [0.2, 0.25) is 5.91 Å². The van der Waals surface area contributed by atoms with E-state index in [1.165, 1.54) is 17.3 Å². The zero-order valence-corrected chi connectivity index (χ0v) is 15.5. The molecular formula is C21H23NO3S. The van der Waals surface area contributed by atoms with Gasteiger partial charge in [-0.2, -0.15) is 0 Å². The first kappa shape index (κ1) is 17.3. The Morgan fingerprint density at radius 2 is 1.81 bits per heavy atom. The standard InChI is InChI=1S/C21H23NO3S/c23-20(22-15-21(9-10-21)16-5-2-1-3-6-16)14-26-17-7-8-18-19(13-17)25-12-4-11-24-18/h1-3,5-8,13H,4,9-12,14-15H2,(H,22,23). The fraction of sp³-hybridized carbons (Fsp3) is 0.381. The number of hydrogen-bond donors (Lipinski definition) is 1. The van der Waals surface area contributed by atoms with Crippen molar-refractivity contribution in [2.45, 2.75) is 29.6 Å². The van der Waals surface area contributed by atoms with Gasteiger partial charge in [-0.25, -0.2) is 0 Å². The number of benzene rings is 2. The SMILES string of the molecule is O=C(CSc1ccc2c(c1)OCCCO2)NCC1(c2ccccc2)CC1. The van der Waals surface area contributed by atoms with E-state index in [-0.39, 0.29) is 11.3 Å². The summed E-state index contributed by atoms with van der Waals surface area (Å²) in [7, 11) is 0. The van der Waals surface area contributed by atoms with Crippen molar-refractivity contribution in [2.75, 3.05) is 25.5 Å². The van der Waals surface area contributed by atoms with Crippen LogP contribution >= 0.6 is 11.8 Å². The van der Waals surface area contributed by atoms with Crippen LogP contribution in [-0.2, 0) is 10.2 Å². The molecule has 1 aliphatic heterocycles. The number of thioether (sulfide) groups is 1. The van der Waals surface area contributed by atoms with E-state index in [0.717, 1.165) is 42.2 Å². The van der Waals surface area contributed by atoms with Gasteiger partial charge < -0.3 is 14.8 Å². The minimum atomic E-state index is 0.0734. The lowest BCUT2D eigenvalue weighted by Gasteiger charge is -2.16. The van der Waals surface area contributed by atoms with E-state index < -0.39 is 0 Å². The molecule has 0 spiro atoms. The molecule has 5 heteroatoms. The lowest BCUT2D eigenvalue weighted by Crippen LogP contribution is -2.33. The molecule has 1 saturated carbocycles. The molecule has 0 atom stereocenters. The van der Waals surface area contributed by atoms with Crippen molar-refractivity contribution in [3.63, 3.8) is 0 Å². The van der Waals surface area contributed by atoms with E-state index in [1.807, 2.05) is 24.3 Å². The molecule has 1 fully saturated rings. The number of carbonyl (C=O) groups is 1. The summed E-state index contributed by atoms with van der Waals surface area (Å²) in [4.78, 5) is 13.3. The minimum absolute atomic E-state index is 0.0734. The van der Waals surface area contributed by atoms with E-state index in [0.29, 0.717) is 19.0 Å². The number of hydrogen-bond acceptors (Lipinski definition) is 4. The van der Waals surface area contributed by atoms with Gasteiger partial charge in [0.25, 0.3) is 0 Å². The van der Waals surface area contributed by atoms with Crippen molar-refractivity contribution in [3.05, 3.63) is 54.1 Å². The number of carbonyl (C=O) groups excluding carboxylic acids is 1. The zero-order chi connectivity index (χ0) is 17.8. The summed E-state index contributed by atoms with van der Waals surface area (Å²) < 4.78 is 11.3. The van der Waals surface area contributed by atoms with E-state index in [2.05, 4.69) is 29.6 Å². The molecule has 1 heterocycles. The van der Waals surface area contributed by atoms with E-state index in [9.17, 15) is 4.79 Å². The van der Waals surface area contributed by atoms with E-state index in [1.54, 1.807) is 0 Å². The molecule has 136 valence electrons. The maximum absolute atomic E-state index is 12.3. The zero-order valence-electron chi connectivity index (χ0n) is 14.7. The van der Waals surface area contributed by atoms with Crippen LogP contribution in [0.2, 0.25) is 0 Å². The number of ether oxygens (including phenoxy) is 2. The quantitative estimate of drug-likeness (QED) is 0.787. The van der Waals surface area contributed by atoms with Crippen LogP contribution < -0.4 is 14.8 Å². The second kappa shape index (κ2) is 7.62. The molecule has 0 unspecified atom stereocenters. The summed E-state index contributed by atoms with van der Waals surface area (Å²) in [5.41, 5.74) is 1.48. The third kappa shape index (κ3) is 3.98. The first-order valence-corrected chi connectivity index (χ1v) is 10.1. The lowest BCUT2D eigenvalue weighted by molar-refractivity contribution is -0.118. The highest BCUT2D eigenvalue weighted by atomic mass is 32.2. The van der Waals surface area contributed by atoms with E-state index in [4.69, 9.17) is 9.47 Å². The molecule has 1 N–H and O–H groups in total. The Morgan fingerprint density at radius 1 is 1.04 bits per heavy atom. The Balaban J connectivity index is 1.29. The molecule has 2 aromatic rings. The van der Waals surface area contributed by atoms with Gasteiger partial charge >= 0.3 is 0 Å². The van der Waals surface area contributed by atoms with Crippen molar-refractivity contribution in [3.8, 4) is 11.5 Å². The first-order valence-electron chi connectivity index (χ1n) is 9.10. The summed E-state index contributed by atoms with van der Waals surface area (Å²) in [5.74, 6) is 2.04.